The molecule has 0 atom stereocenters. The largest absolute Gasteiger partial charge is 0.493 e. The third-order valence-corrected chi connectivity index (χ3v) is 5.14. The van der Waals surface area contributed by atoms with Gasteiger partial charge in [0, 0.05) is 30.0 Å². The summed E-state index contributed by atoms with van der Waals surface area (Å²) in [7, 11) is 2.86. The second-order valence-electron chi connectivity index (χ2n) is 6.36. The van der Waals surface area contributed by atoms with Crippen molar-refractivity contribution < 1.29 is 23.9 Å². The Morgan fingerprint density at radius 3 is 2.31 bits per heavy atom. The lowest BCUT2D eigenvalue weighted by Gasteiger charge is -2.13. The minimum Gasteiger partial charge on any atom is -0.493 e. The number of aromatic nitrogens is 1. The van der Waals surface area contributed by atoms with Crippen LogP contribution in [0.25, 0.3) is 22.9 Å². The van der Waals surface area contributed by atoms with Crippen LogP contribution in [0.4, 0.5) is 5.69 Å². The number of thiazole rings is 1. The minimum atomic E-state index is -0.524. The number of methoxy groups -OCH3 is 2. The quantitative estimate of drug-likeness (QED) is 0.166. The minimum absolute atomic E-state index is 0.0121. The van der Waals surface area contributed by atoms with Crippen LogP contribution in [0.2, 0.25) is 0 Å². The van der Waals surface area contributed by atoms with Crippen LogP contribution >= 0.6 is 11.3 Å². The van der Waals surface area contributed by atoms with Gasteiger partial charge in [0.25, 0.3) is 5.69 Å². The van der Waals surface area contributed by atoms with Gasteiger partial charge < -0.3 is 14.2 Å². The second kappa shape index (κ2) is 9.72. The number of ether oxygens (including phenoxy) is 3. The third-order valence-electron chi connectivity index (χ3n) is 4.27. The van der Waals surface area contributed by atoms with Crippen LogP contribution in [0.3, 0.4) is 0 Å². The highest BCUT2D eigenvalue weighted by Crippen LogP contribution is 2.40. The fraction of sp³-hybridized carbons (Fsp3) is 0.136. The number of carbonyl (C=O) groups excluding carboxylic acids is 1. The molecule has 0 amide bonds. The molecule has 32 heavy (non-hydrogen) atoms. The Balaban J connectivity index is 1.97. The van der Waals surface area contributed by atoms with Gasteiger partial charge in [0.15, 0.2) is 11.5 Å². The maximum absolute atomic E-state index is 11.4. The maximum Gasteiger partial charge on any atom is 0.308 e. The Morgan fingerprint density at radius 1 is 1.19 bits per heavy atom. The van der Waals surface area contributed by atoms with E-state index in [1.165, 1.54) is 44.6 Å². The Labute approximate surface area is 187 Å². The lowest BCUT2D eigenvalue weighted by Crippen LogP contribution is -2.05. The molecule has 3 aromatic rings. The number of rotatable bonds is 7. The van der Waals surface area contributed by atoms with E-state index in [1.54, 1.807) is 35.7 Å². The molecule has 0 radical (unpaired) electrons. The molecule has 0 N–H and O–H groups in total. The van der Waals surface area contributed by atoms with E-state index in [0.717, 1.165) is 0 Å². The summed E-state index contributed by atoms with van der Waals surface area (Å²) in [5.74, 6) is 0.166. The van der Waals surface area contributed by atoms with E-state index in [-0.39, 0.29) is 22.9 Å². The van der Waals surface area contributed by atoms with Gasteiger partial charge in [-0.05, 0) is 35.9 Å². The molecule has 0 unspecified atom stereocenters. The van der Waals surface area contributed by atoms with Crippen molar-refractivity contribution >= 4 is 34.6 Å². The van der Waals surface area contributed by atoms with E-state index in [2.05, 4.69) is 11.1 Å². The molecule has 0 bridgehead atoms. The Kier molecular flexibility index (Phi) is 6.82. The average Bonchev–Trinajstić information content (AvgIpc) is 3.27. The number of benzene rings is 2. The maximum atomic E-state index is 11.4. The zero-order valence-electron chi connectivity index (χ0n) is 17.3. The summed E-state index contributed by atoms with van der Waals surface area (Å²) in [6.07, 6.45) is 1.61. The molecule has 0 saturated heterocycles. The van der Waals surface area contributed by atoms with E-state index in [1.807, 2.05) is 0 Å². The fourth-order valence-electron chi connectivity index (χ4n) is 2.82. The molecule has 0 fully saturated rings. The van der Waals surface area contributed by atoms with Crippen LogP contribution < -0.4 is 14.2 Å². The third kappa shape index (κ3) is 4.91. The lowest BCUT2D eigenvalue weighted by molar-refractivity contribution is -0.384. The molecular weight excluding hydrogens is 434 g/mol. The molecule has 3 rings (SSSR count). The Hall–Kier alpha value is -4.23. The van der Waals surface area contributed by atoms with Crippen molar-refractivity contribution in [3.63, 3.8) is 0 Å². The van der Waals surface area contributed by atoms with Gasteiger partial charge in [-0.3, -0.25) is 14.9 Å². The summed E-state index contributed by atoms with van der Waals surface area (Å²) in [5.41, 5.74) is 2.17. The molecule has 0 aliphatic carbocycles. The smallest absolute Gasteiger partial charge is 0.308 e. The van der Waals surface area contributed by atoms with Crippen molar-refractivity contribution in [1.82, 2.24) is 4.98 Å². The SMILES string of the molecule is COc1cc(C=C(C#N)c2nc(-c3ccc([N+](=O)[O-])cc3)cs2)cc(OC)c1OC(C)=O. The highest BCUT2D eigenvalue weighted by atomic mass is 32.1. The van der Waals surface area contributed by atoms with Crippen molar-refractivity contribution in [3.8, 4) is 34.6 Å². The highest BCUT2D eigenvalue weighted by molar-refractivity contribution is 7.11. The monoisotopic (exact) mass is 451 g/mol. The predicted molar refractivity (Wildman–Crippen MR) is 119 cm³/mol. The summed E-state index contributed by atoms with van der Waals surface area (Å²) < 4.78 is 15.8. The molecule has 2 aromatic carbocycles. The Bertz CT molecular complexity index is 1220. The van der Waals surface area contributed by atoms with Gasteiger partial charge in [0.05, 0.1) is 30.4 Å². The van der Waals surface area contributed by atoms with E-state index in [4.69, 9.17) is 14.2 Å². The second-order valence-corrected chi connectivity index (χ2v) is 7.22. The van der Waals surface area contributed by atoms with Gasteiger partial charge in [-0.2, -0.15) is 5.26 Å². The van der Waals surface area contributed by atoms with Gasteiger partial charge in [-0.15, -0.1) is 11.3 Å². The number of hydrogen-bond acceptors (Lipinski definition) is 9. The topological polar surface area (TPSA) is 125 Å². The summed E-state index contributed by atoms with van der Waals surface area (Å²) in [6.45, 7) is 1.27. The van der Waals surface area contributed by atoms with Crippen LogP contribution in [-0.2, 0) is 4.79 Å². The first kappa shape index (κ1) is 22.5. The van der Waals surface area contributed by atoms with Crippen LogP contribution in [0, 0.1) is 21.4 Å². The Morgan fingerprint density at radius 2 is 1.81 bits per heavy atom. The first-order chi connectivity index (χ1) is 15.4. The van der Waals surface area contributed by atoms with Gasteiger partial charge in [-0.1, -0.05) is 0 Å². The number of allylic oxidation sites excluding steroid dienone is 1. The van der Waals surface area contributed by atoms with Gasteiger partial charge in [0.2, 0.25) is 5.75 Å². The number of nitriles is 1. The zero-order valence-corrected chi connectivity index (χ0v) is 18.1. The number of carbonyl (C=O) groups is 1. The summed E-state index contributed by atoms with van der Waals surface area (Å²) in [5, 5.41) is 22.8. The fourth-order valence-corrected chi connectivity index (χ4v) is 3.61. The number of non-ortho nitro benzene ring substituents is 1. The molecule has 162 valence electrons. The van der Waals surface area contributed by atoms with E-state index in [0.29, 0.717) is 27.4 Å². The van der Waals surface area contributed by atoms with Crippen LogP contribution in [0.5, 0.6) is 17.2 Å². The highest BCUT2D eigenvalue weighted by Gasteiger charge is 2.17. The number of nitrogens with zero attached hydrogens (tertiary/aromatic N) is 3. The van der Waals surface area contributed by atoms with Crippen LogP contribution in [0.1, 0.15) is 17.5 Å². The molecule has 0 spiro atoms. The van der Waals surface area contributed by atoms with Crippen molar-refractivity contribution in [1.29, 1.82) is 5.26 Å². The van der Waals surface area contributed by atoms with Crippen molar-refractivity contribution in [3.05, 3.63) is 62.5 Å². The summed E-state index contributed by atoms with van der Waals surface area (Å²) in [6, 6.07) is 11.4. The number of hydrogen-bond donors (Lipinski definition) is 0. The number of nitro groups is 1. The summed E-state index contributed by atoms with van der Waals surface area (Å²) >= 11 is 1.27. The molecular formula is C22H17N3O6S. The van der Waals surface area contributed by atoms with E-state index < -0.39 is 10.9 Å². The lowest BCUT2D eigenvalue weighted by atomic mass is 10.1. The molecule has 0 aliphatic rings. The van der Waals surface area contributed by atoms with Gasteiger partial charge in [-0.25, -0.2) is 4.98 Å². The normalized spacial score (nSPS) is 10.9. The molecule has 9 nitrogen and oxygen atoms in total. The molecule has 0 aliphatic heterocycles. The van der Waals surface area contributed by atoms with Crippen LogP contribution in [-0.4, -0.2) is 30.1 Å². The molecule has 1 heterocycles. The summed E-state index contributed by atoms with van der Waals surface area (Å²) in [4.78, 5) is 26.2. The molecule has 0 saturated carbocycles. The number of esters is 1. The standard InChI is InChI=1S/C22H17N3O6S/c1-13(26)31-21-19(29-2)9-14(10-20(21)30-3)8-16(11-23)22-24-18(12-32-22)15-4-6-17(7-5-15)25(27)28/h4-10,12H,1-3H3. The van der Waals surface area contributed by atoms with Gasteiger partial charge in [0.1, 0.15) is 11.1 Å². The average molecular weight is 451 g/mol. The van der Waals surface area contributed by atoms with Crippen molar-refractivity contribution in [2.24, 2.45) is 0 Å². The van der Waals surface area contributed by atoms with E-state index in [9.17, 15) is 20.2 Å². The van der Waals surface area contributed by atoms with Crippen LogP contribution in [0.15, 0.2) is 41.8 Å². The van der Waals surface area contributed by atoms with Crippen molar-refractivity contribution in [2.45, 2.75) is 6.92 Å². The van der Waals surface area contributed by atoms with Gasteiger partial charge >= 0.3 is 5.97 Å². The van der Waals surface area contributed by atoms with Crippen molar-refractivity contribution in [2.75, 3.05) is 14.2 Å². The van der Waals surface area contributed by atoms with E-state index >= 15 is 0 Å². The zero-order chi connectivity index (χ0) is 23.3. The molecule has 1 aromatic heterocycles. The molecule has 10 heteroatoms. The first-order valence-corrected chi connectivity index (χ1v) is 10.0. The number of nitro benzene ring substituents is 1. The predicted octanol–water partition coefficient (Wildman–Crippen LogP) is 4.72. The first-order valence-electron chi connectivity index (χ1n) is 9.13.